The van der Waals surface area contributed by atoms with Gasteiger partial charge in [-0.2, -0.15) is 0 Å². The zero-order chi connectivity index (χ0) is 18.4. The molecule has 2 N–H and O–H groups in total. The molecule has 0 bridgehead atoms. The molecule has 3 rings (SSSR count). The summed E-state index contributed by atoms with van der Waals surface area (Å²) in [5.74, 6) is 0. The van der Waals surface area contributed by atoms with Gasteiger partial charge in [0.15, 0.2) is 0 Å². The lowest BCUT2D eigenvalue weighted by molar-refractivity contribution is 0.576. The van der Waals surface area contributed by atoms with Crippen molar-refractivity contribution in [2.45, 2.75) is 17.9 Å². The molecule has 0 fully saturated rings. The Morgan fingerprint density at radius 2 is 1.50 bits per heavy atom. The molecule has 1 atom stereocenters. The number of aryl methyl sites for hydroxylation is 1. The summed E-state index contributed by atoms with van der Waals surface area (Å²) in [6.45, 7) is 2.27. The van der Waals surface area contributed by atoms with Crippen LogP contribution >= 0.6 is 0 Å². The molecule has 0 saturated heterocycles. The molecular weight excluding hydrogens is 344 g/mol. The first-order valence-corrected chi connectivity index (χ1v) is 9.96. The molecule has 0 radical (unpaired) electrons. The molecule has 0 amide bonds. The maximum absolute atomic E-state index is 12.5. The molecule has 0 aliphatic rings. The van der Waals surface area contributed by atoms with Crippen LogP contribution in [0.3, 0.4) is 0 Å². The topological polar surface area (TPSA) is 58.2 Å². The largest absolute Gasteiger partial charge is 0.377 e. The van der Waals surface area contributed by atoms with Gasteiger partial charge in [-0.3, -0.25) is 0 Å². The minimum Gasteiger partial charge on any atom is -0.377 e. The lowest BCUT2D eigenvalue weighted by Crippen LogP contribution is -2.31. The van der Waals surface area contributed by atoms with Gasteiger partial charge in [0.25, 0.3) is 0 Å². The Morgan fingerprint density at radius 3 is 2.15 bits per heavy atom. The Balaban J connectivity index is 1.80. The van der Waals surface area contributed by atoms with E-state index in [1.807, 2.05) is 61.5 Å². The van der Waals surface area contributed by atoms with E-state index in [-0.39, 0.29) is 17.5 Å². The molecule has 0 unspecified atom stereocenters. The van der Waals surface area contributed by atoms with E-state index < -0.39 is 10.0 Å². The minimum absolute atomic E-state index is 0.184. The predicted octanol–water partition coefficient (Wildman–Crippen LogP) is 4.13. The van der Waals surface area contributed by atoms with Crippen molar-refractivity contribution in [1.29, 1.82) is 0 Å². The average molecular weight is 366 g/mol. The smallest absolute Gasteiger partial charge is 0.240 e. The fraction of sp³-hybridized carbons (Fsp3) is 0.143. The zero-order valence-corrected chi connectivity index (χ0v) is 15.4. The van der Waals surface area contributed by atoms with Crippen LogP contribution in [-0.2, 0) is 10.0 Å². The molecule has 26 heavy (non-hydrogen) atoms. The standard InChI is InChI=1S/C21H22N2O2S/c1-17-9-8-12-19(15-17)23-21(18-10-4-2-5-11-18)16-22-26(24,25)20-13-6-3-7-14-20/h2-15,21-23H,16H2,1H3/t21-/m0/s1. The van der Waals surface area contributed by atoms with Crippen LogP contribution in [0.1, 0.15) is 17.2 Å². The van der Waals surface area contributed by atoms with E-state index >= 15 is 0 Å². The van der Waals surface area contributed by atoms with Crippen LogP contribution in [-0.4, -0.2) is 15.0 Å². The lowest BCUT2D eigenvalue weighted by atomic mass is 10.1. The molecule has 0 heterocycles. The van der Waals surface area contributed by atoms with Crippen molar-refractivity contribution < 1.29 is 8.42 Å². The molecule has 3 aromatic carbocycles. The molecule has 5 heteroatoms. The highest BCUT2D eigenvalue weighted by molar-refractivity contribution is 7.89. The summed E-state index contributed by atoms with van der Waals surface area (Å²) in [6, 6.07) is 26.1. The van der Waals surface area contributed by atoms with E-state index in [4.69, 9.17) is 0 Å². The number of nitrogens with one attached hydrogen (secondary N) is 2. The fourth-order valence-corrected chi connectivity index (χ4v) is 3.82. The average Bonchev–Trinajstić information content (AvgIpc) is 2.66. The summed E-state index contributed by atoms with van der Waals surface area (Å²) in [7, 11) is -3.55. The molecule has 0 spiro atoms. The van der Waals surface area contributed by atoms with Crippen molar-refractivity contribution >= 4 is 15.7 Å². The van der Waals surface area contributed by atoms with Crippen LogP contribution in [0.15, 0.2) is 89.8 Å². The molecule has 3 aromatic rings. The summed E-state index contributed by atoms with van der Waals surface area (Å²) in [5.41, 5.74) is 3.12. The third kappa shape index (κ3) is 4.71. The highest BCUT2D eigenvalue weighted by Crippen LogP contribution is 2.20. The van der Waals surface area contributed by atoms with Gasteiger partial charge in [0.1, 0.15) is 0 Å². The minimum atomic E-state index is -3.55. The first-order valence-electron chi connectivity index (χ1n) is 8.47. The van der Waals surface area contributed by atoms with Gasteiger partial charge in [-0.15, -0.1) is 0 Å². The first-order chi connectivity index (χ1) is 12.5. The van der Waals surface area contributed by atoms with Gasteiger partial charge < -0.3 is 5.32 Å². The Kier molecular flexibility index (Phi) is 5.71. The van der Waals surface area contributed by atoms with Crippen molar-refractivity contribution in [3.8, 4) is 0 Å². The summed E-state index contributed by atoms with van der Waals surface area (Å²) < 4.78 is 27.8. The second kappa shape index (κ2) is 8.17. The van der Waals surface area contributed by atoms with Gasteiger partial charge in [-0.25, -0.2) is 13.1 Å². The third-order valence-corrected chi connectivity index (χ3v) is 5.53. The highest BCUT2D eigenvalue weighted by atomic mass is 32.2. The van der Waals surface area contributed by atoms with Crippen LogP contribution < -0.4 is 10.0 Å². The van der Waals surface area contributed by atoms with Gasteiger partial charge in [-0.05, 0) is 42.3 Å². The quantitative estimate of drug-likeness (QED) is 0.661. The summed E-state index contributed by atoms with van der Waals surface area (Å²) in [6.07, 6.45) is 0. The van der Waals surface area contributed by atoms with E-state index in [1.165, 1.54) is 0 Å². The second-order valence-corrected chi connectivity index (χ2v) is 7.91. The zero-order valence-electron chi connectivity index (χ0n) is 14.6. The highest BCUT2D eigenvalue weighted by Gasteiger charge is 2.18. The Morgan fingerprint density at radius 1 is 0.846 bits per heavy atom. The van der Waals surface area contributed by atoms with E-state index in [9.17, 15) is 8.42 Å². The number of hydrogen-bond acceptors (Lipinski definition) is 3. The molecule has 134 valence electrons. The Bertz CT molecular complexity index is 942. The SMILES string of the molecule is Cc1cccc(N[C@@H](CNS(=O)(=O)c2ccccc2)c2ccccc2)c1. The Hall–Kier alpha value is -2.63. The van der Waals surface area contributed by atoms with Crippen LogP contribution in [0.5, 0.6) is 0 Å². The lowest BCUT2D eigenvalue weighted by Gasteiger charge is -2.21. The van der Waals surface area contributed by atoms with Gasteiger partial charge in [-0.1, -0.05) is 60.7 Å². The van der Waals surface area contributed by atoms with Gasteiger partial charge in [0.05, 0.1) is 10.9 Å². The van der Waals surface area contributed by atoms with Crippen LogP contribution in [0.4, 0.5) is 5.69 Å². The fourth-order valence-electron chi connectivity index (χ4n) is 2.75. The van der Waals surface area contributed by atoms with Crippen LogP contribution in [0, 0.1) is 6.92 Å². The molecule has 0 saturated carbocycles. The number of rotatable bonds is 7. The van der Waals surface area contributed by atoms with Crippen molar-refractivity contribution in [3.05, 3.63) is 96.1 Å². The number of anilines is 1. The molecular formula is C21H22N2O2S. The molecule has 0 aromatic heterocycles. The van der Waals surface area contributed by atoms with Gasteiger partial charge in [0, 0.05) is 12.2 Å². The van der Waals surface area contributed by atoms with E-state index in [0.29, 0.717) is 0 Å². The molecule has 0 aliphatic heterocycles. The predicted molar refractivity (Wildman–Crippen MR) is 106 cm³/mol. The third-order valence-electron chi connectivity index (χ3n) is 4.09. The van der Waals surface area contributed by atoms with Gasteiger partial charge in [0.2, 0.25) is 10.0 Å². The Labute approximate surface area is 155 Å². The maximum atomic E-state index is 12.5. The van der Waals surface area contributed by atoms with Crippen LogP contribution in [0.2, 0.25) is 0 Å². The molecule has 4 nitrogen and oxygen atoms in total. The number of benzene rings is 3. The molecule has 0 aliphatic carbocycles. The number of sulfonamides is 1. The van der Waals surface area contributed by atoms with Crippen molar-refractivity contribution in [1.82, 2.24) is 4.72 Å². The van der Waals surface area contributed by atoms with E-state index in [1.54, 1.807) is 30.3 Å². The summed E-state index contributed by atoms with van der Waals surface area (Å²) in [4.78, 5) is 0.266. The van der Waals surface area contributed by atoms with E-state index in [2.05, 4.69) is 10.0 Å². The number of hydrogen-bond donors (Lipinski definition) is 2. The summed E-state index contributed by atoms with van der Waals surface area (Å²) >= 11 is 0. The second-order valence-electron chi connectivity index (χ2n) is 6.14. The van der Waals surface area contributed by atoms with Gasteiger partial charge >= 0.3 is 0 Å². The maximum Gasteiger partial charge on any atom is 0.240 e. The normalized spacial score (nSPS) is 12.5. The van der Waals surface area contributed by atoms with E-state index in [0.717, 1.165) is 16.8 Å². The van der Waals surface area contributed by atoms with Crippen molar-refractivity contribution in [2.75, 3.05) is 11.9 Å². The van der Waals surface area contributed by atoms with Crippen molar-refractivity contribution in [3.63, 3.8) is 0 Å². The van der Waals surface area contributed by atoms with Crippen LogP contribution in [0.25, 0.3) is 0 Å². The van der Waals surface area contributed by atoms with Crippen molar-refractivity contribution in [2.24, 2.45) is 0 Å². The first kappa shape index (κ1) is 18.2. The monoisotopic (exact) mass is 366 g/mol. The summed E-state index contributed by atoms with van der Waals surface area (Å²) in [5, 5.41) is 3.43.